The van der Waals surface area contributed by atoms with Crippen LogP contribution in [0.5, 0.6) is 0 Å². The molecule has 0 spiro atoms. The van der Waals surface area contributed by atoms with Crippen LogP contribution in [0, 0.1) is 20.8 Å². The number of amides is 1. The summed E-state index contributed by atoms with van der Waals surface area (Å²) in [5.74, 6) is -0.101. The van der Waals surface area contributed by atoms with Crippen molar-refractivity contribution >= 4 is 46.2 Å². The van der Waals surface area contributed by atoms with Crippen molar-refractivity contribution in [3.63, 3.8) is 0 Å². The third-order valence-corrected chi connectivity index (χ3v) is 5.03. The minimum absolute atomic E-state index is 0.101. The average molecular weight is 390 g/mol. The van der Waals surface area contributed by atoms with Crippen LogP contribution in [0.2, 0.25) is 5.02 Å². The van der Waals surface area contributed by atoms with Crippen LogP contribution in [0.3, 0.4) is 0 Å². The molecule has 0 atom stereocenters. The number of rotatable bonds is 5. The molecular weight excluding hydrogens is 366 g/mol. The predicted octanol–water partition coefficient (Wildman–Crippen LogP) is 4.92. The number of benzene rings is 2. The fraction of sp³-hybridized carbons (Fsp3) is 0.300. The van der Waals surface area contributed by atoms with Gasteiger partial charge in [0.2, 0.25) is 5.91 Å². The van der Waals surface area contributed by atoms with Crippen molar-refractivity contribution in [3.8, 4) is 0 Å². The van der Waals surface area contributed by atoms with Crippen molar-refractivity contribution in [2.24, 2.45) is 0 Å². The molecule has 6 heteroatoms. The van der Waals surface area contributed by atoms with Crippen LogP contribution in [-0.4, -0.2) is 29.0 Å². The molecule has 2 N–H and O–H groups in total. The van der Waals surface area contributed by atoms with E-state index in [2.05, 4.69) is 10.6 Å². The Bertz CT molecular complexity index is 802. The van der Waals surface area contributed by atoms with Gasteiger partial charge in [0.05, 0.1) is 6.54 Å². The number of anilines is 2. The van der Waals surface area contributed by atoms with Crippen LogP contribution in [0.1, 0.15) is 23.6 Å². The maximum absolute atomic E-state index is 12.5. The Labute approximate surface area is 165 Å². The Kier molecular flexibility index (Phi) is 7.00. The number of halogens is 1. The van der Waals surface area contributed by atoms with E-state index in [0.717, 1.165) is 28.1 Å². The molecule has 26 heavy (non-hydrogen) atoms. The number of nitrogens with zero attached hydrogens (tertiary/aromatic N) is 1. The zero-order chi connectivity index (χ0) is 19.3. The lowest BCUT2D eigenvalue weighted by atomic mass is 10.1. The SMILES string of the molecule is CCN(CC(=O)Nc1c(C)cccc1C)C(=S)Nc1cccc(Cl)c1C. The molecule has 0 bridgehead atoms. The molecule has 0 aliphatic heterocycles. The number of thiocarbonyl (C=S) groups is 1. The minimum atomic E-state index is -0.101. The minimum Gasteiger partial charge on any atom is -0.340 e. The van der Waals surface area contributed by atoms with Crippen LogP contribution in [0.15, 0.2) is 36.4 Å². The lowest BCUT2D eigenvalue weighted by molar-refractivity contribution is -0.116. The van der Waals surface area contributed by atoms with Gasteiger partial charge in [-0.05, 0) is 68.7 Å². The van der Waals surface area contributed by atoms with Gasteiger partial charge in [-0.3, -0.25) is 4.79 Å². The molecule has 0 heterocycles. The van der Waals surface area contributed by atoms with E-state index < -0.39 is 0 Å². The summed E-state index contributed by atoms with van der Waals surface area (Å²) < 4.78 is 0. The Hall–Kier alpha value is -2.11. The zero-order valence-electron chi connectivity index (χ0n) is 15.5. The van der Waals surface area contributed by atoms with Crippen LogP contribution in [0.25, 0.3) is 0 Å². The highest BCUT2D eigenvalue weighted by molar-refractivity contribution is 7.80. The maximum Gasteiger partial charge on any atom is 0.243 e. The fourth-order valence-electron chi connectivity index (χ4n) is 2.63. The quantitative estimate of drug-likeness (QED) is 0.712. The largest absolute Gasteiger partial charge is 0.340 e. The summed E-state index contributed by atoms with van der Waals surface area (Å²) in [6, 6.07) is 11.6. The fourth-order valence-corrected chi connectivity index (χ4v) is 3.11. The van der Waals surface area contributed by atoms with Gasteiger partial charge in [0.1, 0.15) is 0 Å². The maximum atomic E-state index is 12.5. The first-order valence-corrected chi connectivity index (χ1v) is 9.29. The van der Waals surface area contributed by atoms with E-state index >= 15 is 0 Å². The summed E-state index contributed by atoms with van der Waals surface area (Å²) in [5.41, 5.74) is 4.70. The second kappa shape index (κ2) is 9.01. The third-order valence-electron chi connectivity index (χ3n) is 4.26. The first kappa shape index (κ1) is 20.2. The number of para-hydroxylation sites is 1. The Morgan fingerprint density at radius 1 is 1.08 bits per heavy atom. The van der Waals surface area contributed by atoms with E-state index in [0.29, 0.717) is 16.7 Å². The van der Waals surface area contributed by atoms with Crippen LogP contribution < -0.4 is 10.6 Å². The molecule has 0 aliphatic carbocycles. The van der Waals surface area contributed by atoms with E-state index in [1.54, 1.807) is 0 Å². The van der Waals surface area contributed by atoms with E-state index in [4.69, 9.17) is 23.8 Å². The molecule has 0 saturated carbocycles. The van der Waals surface area contributed by atoms with E-state index in [1.165, 1.54) is 0 Å². The van der Waals surface area contributed by atoms with E-state index in [9.17, 15) is 4.79 Å². The molecule has 0 aliphatic rings. The summed E-state index contributed by atoms with van der Waals surface area (Å²) in [6.07, 6.45) is 0. The van der Waals surface area contributed by atoms with Gasteiger partial charge in [-0.1, -0.05) is 35.9 Å². The molecule has 1 amide bonds. The van der Waals surface area contributed by atoms with Gasteiger partial charge in [-0.15, -0.1) is 0 Å². The molecule has 0 saturated heterocycles. The van der Waals surface area contributed by atoms with E-state index in [1.807, 2.05) is 69.0 Å². The molecular formula is C20H24ClN3OS. The number of likely N-dealkylation sites (N-methyl/N-ethyl adjacent to an activating group) is 1. The smallest absolute Gasteiger partial charge is 0.243 e. The van der Waals surface area contributed by atoms with Gasteiger partial charge in [0.25, 0.3) is 0 Å². The molecule has 2 aromatic rings. The van der Waals surface area contributed by atoms with E-state index in [-0.39, 0.29) is 12.5 Å². The van der Waals surface area contributed by atoms with Gasteiger partial charge in [0, 0.05) is 22.9 Å². The Morgan fingerprint density at radius 2 is 1.69 bits per heavy atom. The van der Waals surface area contributed by atoms with Crippen molar-refractivity contribution in [2.45, 2.75) is 27.7 Å². The highest BCUT2D eigenvalue weighted by atomic mass is 35.5. The van der Waals surface area contributed by atoms with Gasteiger partial charge in [0.15, 0.2) is 5.11 Å². The highest BCUT2D eigenvalue weighted by Gasteiger charge is 2.15. The Balaban J connectivity index is 2.05. The number of aryl methyl sites for hydroxylation is 2. The number of nitrogens with one attached hydrogen (secondary N) is 2. The Morgan fingerprint density at radius 3 is 2.31 bits per heavy atom. The van der Waals surface area contributed by atoms with Crippen molar-refractivity contribution in [2.75, 3.05) is 23.7 Å². The first-order chi connectivity index (χ1) is 12.3. The second-order valence-electron chi connectivity index (χ2n) is 6.17. The number of hydrogen-bond donors (Lipinski definition) is 2. The van der Waals surface area contributed by atoms with Gasteiger partial charge in [-0.25, -0.2) is 0 Å². The molecule has 0 aromatic heterocycles. The van der Waals surface area contributed by atoms with Crippen LogP contribution in [-0.2, 0) is 4.79 Å². The molecule has 2 rings (SSSR count). The van der Waals surface area contributed by atoms with Crippen molar-refractivity contribution in [1.29, 1.82) is 0 Å². The number of hydrogen-bond acceptors (Lipinski definition) is 2. The lowest BCUT2D eigenvalue weighted by Crippen LogP contribution is -2.40. The van der Waals surface area contributed by atoms with Gasteiger partial charge >= 0.3 is 0 Å². The van der Waals surface area contributed by atoms with Crippen LogP contribution in [0.4, 0.5) is 11.4 Å². The number of carbonyl (C=O) groups is 1. The molecule has 0 unspecified atom stereocenters. The van der Waals surface area contributed by atoms with Crippen molar-refractivity contribution in [1.82, 2.24) is 4.90 Å². The summed E-state index contributed by atoms with van der Waals surface area (Å²) in [5, 5.41) is 7.35. The summed E-state index contributed by atoms with van der Waals surface area (Å²) >= 11 is 11.6. The van der Waals surface area contributed by atoms with Crippen molar-refractivity contribution < 1.29 is 4.79 Å². The molecule has 138 valence electrons. The topological polar surface area (TPSA) is 44.4 Å². The number of carbonyl (C=O) groups excluding carboxylic acids is 1. The van der Waals surface area contributed by atoms with Gasteiger partial charge < -0.3 is 15.5 Å². The normalized spacial score (nSPS) is 10.3. The molecule has 2 aromatic carbocycles. The average Bonchev–Trinajstić information content (AvgIpc) is 2.60. The highest BCUT2D eigenvalue weighted by Crippen LogP contribution is 2.23. The standard InChI is InChI=1S/C20H24ClN3OS/c1-5-24(20(26)22-17-11-7-10-16(21)15(17)4)12-18(25)23-19-13(2)8-6-9-14(19)3/h6-11H,5,12H2,1-4H3,(H,22,26)(H,23,25). The lowest BCUT2D eigenvalue weighted by Gasteiger charge is -2.25. The second-order valence-corrected chi connectivity index (χ2v) is 6.97. The molecule has 4 nitrogen and oxygen atoms in total. The first-order valence-electron chi connectivity index (χ1n) is 8.50. The monoisotopic (exact) mass is 389 g/mol. The predicted molar refractivity (Wildman–Crippen MR) is 114 cm³/mol. The van der Waals surface area contributed by atoms with Crippen molar-refractivity contribution in [3.05, 3.63) is 58.1 Å². The summed E-state index contributed by atoms with van der Waals surface area (Å²) in [6.45, 7) is 8.65. The molecule has 0 fully saturated rings. The third kappa shape index (κ3) is 4.96. The van der Waals surface area contributed by atoms with Crippen LogP contribution >= 0.6 is 23.8 Å². The summed E-state index contributed by atoms with van der Waals surface area (Å²) in [7, 11) is 0. The molecule has 0 radical (unpaired) electrons. The summed E-state index contributed by atoms with van der Waals surface area (Å²) in [4.78, 5) is 14.3. The zero-order valence-corrected chi connectivity index (χ0v) is 17.1. The van der Waals surface area contributed by atoms with Gasteiger partial charge in [-0.2, -0.15) is 0 Å².